The Hall–Kier alpha value is -1.02. The summed E-state index contributed by atoms with van der Waals surface area (Å²) in [5.74, 6) is 0.359. The molecule has 1 fully saturated rings. The fourth-order valence-electron chi connectivity index (χ4n) is 3.68. The van der Waals surface area contributed by atoms with E-state index in [-0.39, 0.29) is 0 Å². The van der Waals surface area contributed by atoms with Gasteiger partial charge < -0.3 is 10.0 Å². The maximum absolute atomic E-state index is 9.51. The maximum atomic E-state index is 9.51. The number of aliphatic hydroxyl groups is 1. The highest BCUT2D eigenvalue weighted by Gasteiger charge is 2.37. The van der Waals surface area contributed by atoms with E-state index in [1.807, 2.05) is 0 Å². The Bertz CT molecular complexity index is 411. The summed E-state index contributed by atoms with van der Waals surface area (Å²) in [4.78, 5) is 2.63. The molecular weight excluding hydrogens is 222 g/mol. The average Bonchev–Trinajstić information content (AvgIpc) is 3.03. The monoisotopic (exact) mass is 245 g/mol. The maximum Gasteiger partial charge on any atom is 0.0476 e. The van der Waals surface area contributed by atoms with Gasteiger partial charge >= 0.3 is 0 Å². The third-order valence-electron chi connectivity index (χ3n) is 4.72. The molecule has 2 nitrogen and oxygen atoms in total. The van der Waals surface area contributed by atoms with Crippen molar-refractivity contribution in [1.29, 1.82) is 0 Å². The third-order valence-corrected chi connectivity index (χ3v) is 4.72. The lowest BCUT2D eigenvalue weighted by molar-refractivity contribution is 0.211. The number of hydrogen-bond acceptors (Lipinski definition) is 2. The van der Waals surface area contributed by atoms with Gasteiger partial charge in [-0.3, -0.25) is 0 Å². The summed E-state index contributed by atoms with van der Waals surface area (Å²) in [5.41, 5.74) is 2.89. The van der Waals surface area contributed by atoms with Crippen molar-refractivity contribution in [3.05, 3.63) is 29.8 Å². The van der Waals surface area contributed by atoms with Crippen LogP contribution in [0.4, 0.5) is 5.69 Å². The Morgan fingerprint density at radius 2 is 2.00 bits per heavy atom. The van der Waals surface area contributed by atoms with Crippen LogP contribution in [-0.4, -0.2) is 23.8 Å². The predicted octanol–water partition coefficient (Wildman–Crippen LogP) is 2.99. The molecule has 2 atom stereocenters. The number of fused-ring (bicyclic) bond motifs is 1. The zero-order valence-electron chi connectivity index (χ0n) is 11.2. The van der Waals surface area contributed by atoms with Crippen LogP contribution in [0, 0.1) is 5.92 Å². The van der Waals surface area contributed by atoms with Crippen LogP contribution in [-0.2, 0) is 6.42 Å². The fraction of sp³-hybridized carbons (Fsp3) is 0.625. The summed E-state index contributed by atoms with van der Waals surface area (Å²) in [7, 11) is 0. The second kappa shape index (κ2) is 4.93. The topological polar surface area (TPSA) is 23.5 Å². The standard InChI is InChI=1S/C16H23NO/c1-12(11-18)16-10-13-6-2-5-9-15(13)17(16)14-7-3-4-8-14/h2,5-6,9,12,14,16,18H,3-4,7-8,10-11H2,1H3. The Morgan fingerprint density at radius 3 is 2.72 bits per heavy atom. The number of aliphatic hydroxyl groups excluding tert-OH is 1. The Kier molecular flexibility index (Phi) is 3.29. The summed E-state index contributed by atoms with van der Waals surface area (Å²) in [6.45, 7) is 2.47. The normalized spacial score (nSPS) is 25.4. The second-order valence-corrected chi connectivity index (χ2v) is 5.91. The summed E-state index contributed by atoms with van der Waals surface area (Å²) in [5, 5.41) is 9.51. The van der Waals surface area contributed by atoms with E-state index in [4.69, 9.17) is 0 Å². The van der Waals surface area contributed by atoms with Crippen molar-refractivity contribution in [2.75, 3.05) is 11.5 Å². The van der Waals surface area contributed by atoms with Crippen LogP contribution in [0.1, 0.15) is 38.2 Å². The highest BCUT2D eigenvalue weighted by Crippen LogP contribution is 2.40. The van der Waals surface area contributed by atoms with E-state index >= 15 is 0 Å². The highest BCUT2D eigenvalue weighted by atomic mass is 16.3. The molecule has 3 rings (SSSR count). The Morgan fingerprint density at radius 1 is 1.28 bits per heavy atom. The van der Waals surface area contributed by atoms with E-state index in [0.717, 1.165) is 6.42 Å². The number of anilines is 1. The van der Waals surface area contributed by atoms with Crippen molar-refractivity contribution >= 4 is 5.69 Å². The van der Waals surface area contributed by atoms with Gasteiger partial charge in [-0.1, -0.05) is 38.0 Å². The first kappa shape index (κ1) is 12.0. The molecule has 1 N–H and O–H groups in total. The number of nitrogens with zero attached hydrogens (tertiary/aromatic N) is 1. The average molecular weight is 245 g/mol. The van der Waals surface area contributed by atoms with Crippen LogP contribution < -0.4 is 4.90 Å². The molecule has 1 aliphatic heterocycles. The van der Waals surface area contributed by atoms with E-state index in [2.05, 4.69) is 36.1 Å². The number of rotatable bonds is 3. The molecule has 0 bridgehead atoms. The molecule has 1 aromatic carbocycles. The first-order valence-corrected chi connectivity index (χ1v) is 7.28. The van der Waals surface area contributed by atoms with Crippen LogP contribution >= 0.6 is 0 Å². The number of para-hydroxylation sites is 1. The third kappa shape index (κ3) is 1.93. The first-order chi connectivity index (χ1) is 8.81. The summed E-state index contributed by atoms with van der Waals surface area (Å²) in [6, 6.07) is 9.99. The second-order valence-electron chi connectivity index (χ2n) is 5.91. The molecular formula is C16H23NO. The number of benzene rings is 1. The van der Waals surface area contributed by atoms with Crippen LogP contribution in [0.3, 0.4) is 0 Å². The molecule has 1 aliphatic carbocycles. The molecule has 0 amide bonds. The van der Waals surface area contributed by atoms with E-state index in [1.165, 1.54) is 36.9 Å². The van der Waals surface area contributed by atoms with E-state index in [9.17, 15) is 5.11 Å². The van der Waals surface area contributed by atoms with Crippen LogP contribution in [0.2, 0.25) is 0 Å². The molecule has 0 spiro atoms. The Labute approximate surface area is 110 Å². The van der Waals surface area contributed by atoms with Crippen molar-refractivity contribution < 1.29 is 5.11 Å². The number of hydrogen-bond donors (Lipinski definition) is 1. The van der Waals surface area contributed by atoms with Gasteiger partial charge in [-0.2, -0.15) is 0 Å². The fourth-order valence-corrected chi connectivity index (χ4v) is 3.68. The van der Waals surface area contributed by atoms with Gasteiger partial charge in [0.05, 0.1) is 0 Å². The molecule has 1 aromatic rings. The quantitative estimate of drug-likeness (QED) is 0.885. The molecule has 2 aliphatic rings. The van der Waals surface area contributed by atoms with Crippen molar-refractivity contribution in [1.82, 2.24) is 0 Å². The SMILES string of the molecule is CC(CO)C1Cc2ccccc2N1C1CCCC1. The highest BCUT2D eigenvalue weighted by molar-refractivity contribution is 5.60. The predicted molar refractivity (Wildman–Crippen MR) is 74.9 cm³/mol. The van der Waals surface area contributed by atoms with Gasteiger partial charge in [0.2, 0.25) is 0 Å². The van der Waals surface area contributed by atoms with Gasteiger partial charge in [0.25, 0.3) is 0 Å². The molecule has 2 heteroatoms. The molecule has 98 valence electrons. The minimum absolute atomic E-state index is 0.294. The zero-order chi connectivity index (χ0) is 12.5. The van der Waals surface area contributed by atoms with E-state index < -0.39 is 0 Å². The molecule has 2 unspecified atom stereocenters. The van der Waals surface area contributed by atoms with Crippen molar-refractivity contribution in [3.63, 3.8) is 0 Å². The van der Waals surface area contributed by atoms with Crippen molar-refractivity contribution in [2.24, 2.45) is 5.92 Å². The van der Waals surface area contributed by atoms with Gasteiger partial charge in [-0.25, -0.2) is 0 Å². The lowest BCUT2D eigenvalue weighted by atomic mass is 9.97. The Balaban J connectivity index is 1.93. The molecule has 1 saturated carbocycles. The largest absolute Gasteiger partial charge is 0.396 e. The van der Waals surface area contributed by atoms with Gasteiger partial charge in [-0.15, -0.1) is 0 Å². The van der Waals surface area contributed by atoms with Gasteiger partial charge in [0.15, 0.2) is 0 Å². The van der Waals surface area contributed by atoms with Gasteiger partial charge in [0.1, 0.15) is 0 Å². The lowest BCUT2D eigenvalue weighted by Gasteiger charge is -2.36. The molecule has 0 saturated heterocycles. The molecule has 1 heterocycles. The molecule has 0 aromatic heterocycles. The summed E-state index contributed by atoms with van der Waals surface area (Å²) in [6.07, 6.45) is 6.48. The smallest absolute Gasteiger partial charge is 0.0476 e. The van der Waals surface area contributed by atoms with Crippen molar-refractivity contribution in [2.45, 2.75) is 51.1 Å². The van der Waals surface area contributed by atoms with Gasteiger partial charge in [0, 0.05) is 24.4 Å². The van der Waals surface area contributed by atoms with E-state index in [1.54, 1.807) is 0 Å². The van der Waals surface area contributed by atoms with Crippen LogP contribution in [0.15, 0.2) is 24.3 Å². The summed E-state index contributed by atoms with van der Waals surface area (Å²) < 4.78 is 0. The minimum atomic E-state index is 0.294. The molecule has 18 heavy (non-hydrogen) atoms. The van der Waals surface area contributed by atoms with Crippen LogP contribution in [0.5, 0.6) is 0 Å². The van der Waals surface area contributed by atoms with E-state index in [0.29, 0.717) is 24.6 Å². The molecule has 0 radical (unpaired) electrons. The van der Waals surface area contributed by atoms with Crippen LogP contribution in [0.25, 0.3) is 0 Å². The zero-order valence-corrected chi connectivity index (χ0v) is 11.2. The lowest BCUT2D eigenvalue weighted by Crippen LogP contribution is -2.44. The first-order valence-electron chi connectivity index (χ1n) is 7.28. The van der Waals surface area contributed by atoms with Crippen molar-refractivity contribution in [3.8, 4) is 0 Å². The minimum Gasteiger partial charge on any atom is -0.396 e. The summed E-state index contributed by atoms with van der Waals surface area (Å²) >= 11 is 0. The van der Waals surface area contributed by atoms with Gasteiger partial charge in [-0.05, 0) is 36.8 Å².